The van der Waals surface area contributed by atoms with Gasteiger partial charge in [-0.3, -0.25) is 14.9 Å². The van der Waals surface area contributed by atoms with Crippen LogP contribution in [0.5, 0.6) is 5.75 Å². The molecule has 1 aliphatic heterocycles. The molecule has 13 heteroatoms. The van der Waals surface area contributed by atoms with Crippen LogP contribution in [0.15, 0.2) is 36.4 Å². The highest BCUT2D eigenvalue weighted by Crippen LogP contribution is 2.33. The Morgan fingerprint density at radius 2 is 1.85 bits per heavy atom. The summed E-state index contributed by atoms with van der Waals surface area (Å²) >= 11 is 11.9. The van der Waals surface area contributed by atoms with E-state index >= 15 is 0 Å². The van der Waals surface area contributed by atoms with Crippen molar-refractivity contribution in [1.82, 2.24) is 10.2 Å². The van der Waals surface area contributed by atoms with Crippen molar-refractivity contribution in [2.45, 2.75) is 25.0 Å². The van der Waals surface area contributed by atoms with Crippen LogP contribution < -0.4 is 5.32 Å². The molecule has 3 rings (SSSR count). The van der Waals surface area contributed by atoms with Crippen LogP contribution in [0.25, 0.3) is 0 Å². The number of likely N-dealkylation sites (tertiary alicyclic amines) is 1. The zero-order chi connectivity index (χ0) is 25.0. The van der Waals surface area contributed by atoms with Crippen molar-refractivity contribution in [3.63, 3.8) is 0 Å². The lowest BCUT2D eigenvalue weighted by Crippen LogP contribution is -2.51. The third-order valence-electron chi connectivity index (χ3n) is 5.19. The zero-order valence-corrected chi connectivity index (χ0v) is 19.0. The Kier molecular flexibility index (Phi) is 7.79. The van der Waals surface area contributed by atoms with Crippen molar-refractivity contribution in [2.24, 2.45) is 0 Å². The normalized spacial score (nSPS) is 18.0. The molecular weight excluding hydrogens is 493 g/mol. The van der Waals surface area contributed by atoms with Gasteiger partial charge in [-0.05, 0) is 43.2 Å². The number of benzene rings is 2. The van der Waals surface area contributed by atoms with Gasteiger partial charge in [0.15, 0.2) is 0 Å². The van der Waals surface area contributed by atoms with Gasteiger partial charge in [-0.15, -0.1) is 0 Å². The summed E-state index contributed by atoms with van der Waals surface area (Å²) in [6.45, 7) is -0.0150. The van der Waals surface area contributed by atoms with Crippen molar-refractivity contribution < 1.29 is 34.3 Å². The van der Waals surface area contributed by atoms with Crippen molar-refractivity contribution >= 4 is 46.9 Å². The highest BCUT2D eigenvalue weighted by atomic mass is 35.5. The molecule has 3 N–H and O–H groups in total. The lowest BCUT2D eigenvalue weighted by atomic mass is 10.1. The van der Waals surface area contributed by atoms with E-state index in [1.54, 1.807) is 0 Å². The first-order valence-electron chi connectivity index (χ1n) is 9.99. The lowest BCUT2D eigenvalue weighted by Gasteiger charge is -2.28. The summed E-state index contributed by atoms with van der Waals surface area (Å²) < 4.78 is 5.55. The van der Waals surface area contributed by atoms with Crippen LogP contribution in [0.2, 0.25) is 10.0 Å². The van der Waals surface area contributed by atoms with E-state index in [9.17, 15) is 34.7 Å². The molecule has 0 radical (unpaired) electrons. The Balaban J connectivity index is 1.87. The van der Waals surface area contributed by atoms with Crippen molar-refractivity contribution in [1.29, 1.82) is 0 Å². The molecule has 2 atom stereocenters. The summed E-state index contributed by atoms with van der Waals surface area (Å²) in [5.41, 5.74) is -0.706. The van der Waals surface area contributed by atoms with Gasteiger partial charge in [-0.25, -0.2) is 9.59 Å². The second-order valence-electron chi connectivity index (χ2n) is 7.48. The van der Waals surface area contributed by atoms with Gasteiger partial charge < -0.3 is 25.2 Å². The Bertz CT molecular complexity index is 1130. The first-order valence-corrected chi connectivity index (χ1v) is 10.7. The average Bonchev–Trinajstić information content (AvgIpc) is 2.97. The summed E-state index contributed by atoms with van der Waals surface area (Å²) in [6.07, 6.45) is -1.63. The number of esters is 1. The van der Waals surface area contributed by atoms with Crippen molar-refractivity contribution in [2.75, 3.05) is 13.1 Å². The minimum absolute atomic E-state index is 0.0395. The fraction of sp³-hybridized carbons (Fsp3) is 0.286. The van der Waals surface area contributed by atoms with Gasteiger partial charge >= 0.3 is 12.1 Å². The second kappa shape index (κ2) is 10.6. The van der Waals surface area contributed by atoms with Crippen LogP contribution in [-0.2, 0) is 4.74 Å². The number of carboxylic acid groups (broad SMARTS) is 1. The number of nitro benzene ring substituents is 1. The maximum absolute atomic E-state index is 12.9. The first kappa shape index (κ1) is 25.1. The van der Waals surface area contributed by atoms with E-state index in [2.05, 4.69) is 5.32 Å². The summed E-state index contributed by atoms with van der Waals surface area (Å²) in [4.78, 5) is 48.7. The third kappa shape index (κ3) is 5.86. The number of nitrogens with one attached hydrogen (secondary N) is 1. The predicted molar refractivity (Wildman–Crippen MR) is 121 cm³/mol. The molecule has 0 aromatic heterocycles. The average molecular weight is 512 g/mol. The molecular formula is C21H19Cl2N3O8. The molecule has 2 aromatic rings. The molecule has 34 heavy (non-hydrogen) atoms. The van der Waals surface area contributed by atoms with Gasteiger partial charge in [-0.2, -0.15) is 0 Å². The fourth-order valence-corrected chi connectivity index (χ4v) is 3.97. The molecule has 2 amide bonds. The van der Waals surface area contributed by atoms with E-state index in [1.165, 1.54) is 24.3 Å². The largest absolute Gasteiger partial charge is 0.508 e. The van der Waals surface area contributed by atoms with Crippen LogP contribution in [0.3, 0.4) is 0 Å². The summed E-state index contributed by atoms with van der Waals surface area (Å²) in [7, 11) is 0. The molecule has 2 unspecified atom stereocenters. The van der Waals surface area contributed by atoms with E-state index in [1.807, 2.05) is 0 Å². The Morgan fingerprint density at radius 3 is 2.47 bits per heavy atom. The number of carbonyl (C=O) groups is 3. The minimum Gasteiger partial charge on any atom is -0.508 e. The fourth-order valence-electron chi connectivity index (χ4n) is 3.51. The topological polar surface area (TPSA) is 159 Å². The predicted octanol–water partition coefficient (Wildman–Crippen LogP) is 3.71. The van der Waals surface area contributed by atoms with Crippen LogP contribution in [0.1, 0.15) is 33.6 Å². The van der Waals surface area contributed by atoms with Crippen molar-refractivity contribution in [3.8, 4) is 5.75 Å². The number of hydrogen-bond donors (Lipinski definition) is 3. The number of aromatic hydroxyl groups is 1. The van der Waals surface area contributed by atoms with Crippen LogP contribution in [0.4, 0.5) is 10.5 Å². The van der Waals surface area contributed by atoms with Crippen LogP contribution in [0, 0.1) is 10.1 Å². The number of carbonyl (C=O) groups excluding carboxylic acids is 2. The molecule has 0 aliphatic carbocycles. The van der Waals surface area contributed by atoms with Gasteiger partial charge in [0.2, 0.25) is 0 Å². The van der Waals surface area contributed by atoms with Crippen LogP contribution >= 0.6 is 23.2 Å². The SMILES string of the molecule is O=C(NC1CN(C(=O)O)CCCC1OC(=O)c1cc(Cl)cc([N+](=O)[O-])c1Cl)c1ccc(O)cc1. The van der Waals surface area contributed by atoms with E-state index in [0.717, 1.165) is 17.0 Å². The quantitative estimate of drug-likeness (QED) is 0.311. The first-order chi connectivity index (χ1) is 16.1. The number of amides is 2. The maximum atomic E-state index is 12.9. The zero-order valence-electron chi connectivity index (χ0n) is 17.4. The number of ether oxygens (including phenoxy) is 1. The molecule has 1 saturated heterocycles. The highest BCUT2D eigenvalue weighted by Gasteiger charge is 2.34. The van der Waals surface area contributed by atoms with Gasteiger partial charge in [0.25, 0.3) is 11.6 Å². The third-order valence-corrected chi connectivity index (χ3v) is 5.81. The van der Waals surface area contributed by atoms with E-state index in [-0.39, 0.29) is 41.4 Å². The van der Waals surface area contributed by atoms with Gasteiger partial charge in [0.05, 0.1) is 16.5 Å². The molecule has 2 aromatic carbocycles. The van der Waals surface area contributed by atoms with Gasteiger partial charge in [-0.1, -0.05) is 23.2 Å². The standard InChI is InChI=1S/C21H19Cl2N3O8/c22-12-8-14(18(23)16(9-12)26(32)33)20(29)34-17-2-1-7-25(21(30)31)10-15(17)24-19(28)11-3-5-13(27)6-4-11/h3-6,8-9,15,17,27H,1-2,7,10H2,(H,24,28)(H,30,31). The molecule has 180 valence electrons. The monoisotopic (exact) mass is 511 g/mol. The Hall–Kier alpha value is -3.57. The number of phenols is 1. The molecule has 1 heterocycles. The number of halogens is 2. The van der Waals surface area contributed by atoms with E-state index in [4.69, 9.17) is 27.9 Å². The summed E-state index contributed by atoms with van der Waals surface area (Å²) in [6, 6.07) is 6.58. The lowest BCUT2D eigenvalue weighted by molar-refractivity contribution is -0.384. The van der Waals surface area contributed by atoms with E-state index in [0.29, 0.717) is 6.42 Å². The number of nitro groups is 1. The number of hydrogen-bond acceptors (Lipinski definition) is 7. The maximum Gasteiger partial charge on any atom is 0.407 e. The molecule has 0 spiro atoms. The number of nitrogens with zero attached hydrogens (tertiary/aromatic N) is 2. The molecule has 0 bridgehead atoms. The molecule has 0 saturated carbocycles. The molecule has 11 nitrogen and oxygen atoms in total. The summed E-state index contributed by atoms with van der Waals surface area (Å²) in [5, 5.41) is 32.2. The van der Waals surface area contributed by atoms with Gasteiger partial charge in [0.1, 0.15) is 16.9 Å². The number of rotatable bonds is 5. The van der Waals surface area contributed by atoms with E-state index < -0.39 is 45.7 Å². The number of phenolic OH excluding ortho intramolecular Hbond substituents is 1. The molecule has 1 fully saturated rings. The summed E-state index contributed by atoms with van der Waals surface area (Å²) in [5.74, 6) is -1.62. The highest BCUT2D eigenvalue weighted by molar-refractivity contribution is 6.37. The second-order valence-corrected chi connectivity index (χ2v) is 8.30. The Morgan fingerprint density at radius 1 is 1.18 bits per heavy atom. The van der Waals surface area contributed by atoms with Gasteiger partial charge in [0, 0.05) is 29.7 Å². The Labute approximate surface area is 203 Å². The van der Waals surface area contributed by atoms with Crippen LogP contribution in [-0.4, -0.2) is 63.2 Å². The van der Waals surface area contributed by atoms with Crippen molar-refractivity contribution in [3.05, 3.63) is 67.7 Å². The smallest absolute Gasteiger partial charge is 0.407 e. The molecule has 1 aliphatic rings. The minimum atomic E-state index is -1.20.